The van der Waals surface area contributed by atoms with Crippen LogP contribution in [0, 0.1) is 6.92 Å². The van der Waals surface area contributed by atoms with Crippen LogP contribution in [-0.2, 0) is 9.59 Å². The van der Waals surface area contributed by atoms with Crippen LogP contribution in [0.4, 0.5) is 0 Å². The molecule has 0 radical (unpaired) electrons. The van der Waals surface area contributed by atoms with Gasteiger partial charge in [0.15, 0.2) is 0 Å². The lowest BCUT2D eigenvalue weighted by Crippen LogP contribution is -2.28. The average molecular weight is 363 g/mol. The lowest BCUT2D eigenvalue weighted by molar-refractivity contribution is -0.159. The number of benzene rings is 1. The highest BCUT2D eigenvalue weighted by atomic mass is 16.5. The normalized spacial score (nSPS) is 10.0. The van der Waals surface area contributed by atoms with E-state index in [0.717, 1.165) is 25.4 Å². The van der Waals surface area contributed by atoms with Crippen molar-refractivity contribution in [2.75, 3.05) is 26.2 Å². The van der Waals surface area contributed by atoms with Gasteiger partial charge in [-0.1, -0.05) is 32.1 Å². The molecule has 0 aliphatic rings. The zero-order valence-electron chi connectivity index (χ0n) is 15.8. The van der Waals surface area contributed by atoms with Gasteiger partial charge in [-0.15, -0.1) is 13.2 Å². The number of carboxylic acid groups (broad SMARTS) is 2. The lowest BCUT2D eigenvalue weighted by atomic mass is 9.98. The minimum atomic E-state index is -1.82. The first kappa shape index (κ1) is 23.4. The Hall–Kier alpha value is -2.60. The summed E-state index contributed by atoms with van der Waals surface area (Å²) in [5, 5.41) is 14.8. The molecule has 1 aromatic carbocycles. The highest BCUT2D eigenvalue weighted by molar-refractivity contribution is 6.27. The SMILES string of the molecule is C=CCN(CC=C)CCOc1ccc(C(C)C)c(C)c1.O=C(O)C(=O)O. The quantitative estimate of drug-likeness (QED) is 0.517. The number of carbonyl (C=O) groups is 2. The largest absolute Gasteiger partial charge is 0.492 e. The summed E-state index contributed by atoms with van der Waals surface area (Å²) >= 11 is 0. The number of hydrogen-bond acceptors (Lipinski definition) is 4. The van der Waals surface area contributed by atoms with Gasteiger partial charge >= 0.3 is 11.9 Å². The second kappa shape index (κ2) is 12.7. The number of hydrogen-bond donors (Lipinski definition) is 2. The van der Waals surface area contributed by atoms with Crippen molar-refractivity contribution in [3.05, 3.63) is 54.6 Å². The molecule has 0 atom stereocenters. The van der Waals surface area contributed by atoms with Crippen LogP contribution in [0.25, 0.3) is 0 Å². The predicted molar refractivity (Wildman–Crippen MR) is 103 cm³/mol. The maximum atomic E-state index is 9.10. The van der Waals surface area contributed by atoms with E-state index >= 15 is 0 Å². The summed E-state index contributed by atoms with van der Waals surface area (Å²) in [6, 6.07) is 6.36. The molecule has 26 heavy (non-hydrogen) atoms. The summed E-state index contributed by atoms with van der Waals surface area (Å²) < 4.78 is 5.83. The summed E-state index contributed by atoms with van der Waals surface area (Å²) in [5.41, 5.74) is 2.68. The molecular weight excluding hydrogens is 334 g/mol. The standard InChI is InChI=1S/C18H27NO.C2H2O4/c1-6-10-19(11-7-2)12-13-20-17-8-9-18(15(3)4)16(5)14-17;3-1(4)2(5)6/h6-9,14-15H,1-2,10-13H2,3-5H3;(H,3,4)(H,5,6). The molecule has 0 fully saturated rings. The number of carboxylic acids is 2. The molecule has 0 aromatic heterocycles. The molecule has 6 nitrogen and oxygen atoms in total. The third-order valence-corrected chi connectivity index (χ3v) is 3.50. The third kappa shape index (κ3) is 9.64. The summed E-state index contributed by atoms with van der Waals surface area (Å²) in [4.78, 5) is 20.4. The predicted octanol–water partition coefficient (Wildman–Crippen LogP) is 3.33. The maximum absolute atomic E-state index is 9.10. The summed E-state index contributed by atoms with van der Waals surface area (Å²) in [5.74, 6) is -2.14. The smallest absolute Gasteiger partial charge is 0.414 e. The molecule has 0 heterocycles. The van der Waals surface area contributed by atoms with Gasteiger partial charge in [0.05, 0.1) is 0 Å². The van der Waals surface area contributed by atoms with E-state index in [1.807, 2.05) is 12.2 Å². The molecule has 0 amide bonds. The molecule has 144 valence electrons. The Kier molecular flexibility index (Phi) is 11.4. The Morgan fingerprint density at radius 1 is 1.15 bits per heavy atom. The molecule has 0 aliphatic heterocycles. The Morgan fingerprint density at radius 2 is 1.69 bits per heavy atom. The van der Waals surface area contributed by atoms with E-state index in [4.69, 9.17) is 24.5 Å². The van der Waals surface area contributed by atoms with Gasteiger partial charge in [-0.2, -0.15) is 0 Å². The van der Waals surface area contributed by atoms with E-state index in [1.165, 1.54) is 11.1 Å². The highest BCUT2D eigenvalue weighted by Gasteiger charge is 2.06. The fraction of sp³-hybridized carbons (Fsp3) is 0.400. The van der Waals surface area contributed by atoms with Crippen molar-refractivity contribution in [2.45, 2.75) is 26.7 Å². The number of rotatable bonds is 9. The fourth-order valence-electron chi connectivity index (χ4n) is 2.30. The maximum Gasteiger partial charge on any atom is 0.414 e. The van der Waals surface area contributed by atoms with Crippen LogP contribution in [-0.4, -0.2) is 53.3 Å². The van der Waals surface area contributed by atoms with E-state index in [-0.39, 0.29) is 0 Å². The number of ether oxygens (including phenoxy) is 1. The molecule has 0 unspecified atom stereocenters. The van der Waals surface area contributed by atoms with Gasteiger partial charge in [-0.25, -0.2) is 9.59 Å². The summed E-state index contributed by atoms with van der Waals surface area (Å²) in [7, 11) is 0. The molecule has 1 aromatic rings. The van der Waals surface area contributed by atoms with Gasteiger partial charge in [0.25, 0.3) is 0 Å². The van der Waals surface area contributed by atoms with Crippen LogP contribution in [0.2, 0.25) is 0 Å². The highest BCUT2D eigenvalue weighted by Crippen LogP contribution is 2.23. The number of aliphatic carboxylic acids is 2. The van der Waals surface area contributed by atoms with Crippen molar-refractivity contribution in [1.82, 2.24) is 4.90 Å². The van der Waals surface area contributed by atoms with Crippen molar-refractivity contribution in [3.8, 4) is 5.75 Å². The molecule has 0 bridgehead atoms. The molecule has 0 aliphatic carbocycles. The van der Waals surface area contributed by atoms with Crippen molar-refractivity contribution in [3.63, 3.8) is 0 Å². The number of nitrogens with zero attached hydrogens (tertiary/aromatic N) is 1. The van der Waals surface area contributed by atoms with Crippen LogP contribution < -0.4 is 4.74 Å². The first-order valence-electron chi connectivity index (χ1n) is 8.36. The summed E-state index contributed by atoms with van der Waals surface area (Å²) in [6.07, 6.45) is 3.82. The van der Waals surface area contributed by atoms with Gasteiger partial charge in [-0.3, -0.25) is 4.90 Å². The van der Waals surface area contributed by atoms with Gasteiger partial charge in [0.2, 0.25) is 0 Å². The van der Waals surface area contributed by atoms with Crippen LogP contribution in [0.1, 0.15) is 30.9 Å². The second-order valence-electron chi connectivity index (χ2n) is 5.97. The minimum absolute atomic E-state index is 0.555. The second-order valence-corrected chi connectivity index (χ2v) is 5.97. The Balaban J connectivity index is 0.000000896. The van der Waals surface area contributed by atoms with Crippen LogP contribution in [0.3, 0.4) is 0 Å². The molecule has 0 saturated carbocycles. The van der Waals surface area contributed by atoms with E-state index in [0.29, 0.717) is 12.5 Å². The van der Waals surface area contributed by atoms with Gasteiger partial charge in [0, 0.05) is 19.6 Å². The van der Waals surface area contributed by atoms with Crippen molar-refractivity contribution >= 4 is 11.9 Å². The van der Waals surface area contributed by atoms with Gasteiger partial charge in [0.1, 0.15) is 12.4 Å². The van der Waals surface area contributed by atoms with Crippen molar-refractivity contribution in [1.29, 1.82) is 0 Å². The Morgan fingerprint density at radius 3 is 2.08 bits per heavy atom. The van der Waals surface area contributed by atoms with Crippen molar-refractivity contribution < 1.29 is 24.5 Å². The fourth-order valence-corrected chi connectivity index (χ4v) is 2.30. The molecule has 2 N–H and O–H groups in total. The topological polar surface area (TPSA) is 87.1 Å². The van der Waals surface area contributed by atoms with Crippen molar-refractivity contribution in [2.24, 2.45) is 0 Å². The molecule has 0 spiro atoms. The molecule has 6 heteroatoms. The molecular formula is C20H29NO5. The monoisotopic (exact) mass is 363 g/mol. The molecule has 1 rings (SSSR count). The first-order valence-corrected chi connectivity index (χ1v) is 8.36. The van der Waals surface area contributed by atoms with Crippen LogP contribution >= 0.6 is 0 Å². The van der Waals surface area contributed by atoms with E-state index < -0.39 is 11.9 Å². The zero-order chi connectivity index (χ0) is 20.1. The van der Waals surface area contributed by atoms with Gasteiger partial charge in [-0.05, 0) is 36.1 Å². The Labute approximate surface area is 155 Å². The molecule has 0 saturated heterocycles. The Bertz CT molecular complexity index is 588. The third-order valence-electron chi connectivity index (χ3n) is 3.50. The van der Waals surface area contributed by atoms with Crippen LogP contribution in [0.5, 0.6) is 5.75 Å². The minimum Gasteiger partial charge on any atom is -0.492 e. The number of aryl methyl sites for hydroxylation is 1. The first-order chi connectivity index (χ1) is 12.2. The van der Waals surface area contributed by atoms with E-state index in [1.54, 1.807) is 0 Å². The van der Waals surface area contributed by atoms with Gasteiger partial charge < -0.3 is 14.9 Å². The van der Waals surface area contributed by atoms with Crippen LogP contribution in [0.15, 0.2) is 43.5 Å². The zero-order valence-corrected chi connectivity index (χ0v) is 15.8. The summed E-state index contributed by atoms with van der Waals surface area (Å²) in [6.45, 7) is 17.4. The van der Waals surface area contributed by atoms with E-state index in [9.17, 15) is 0 Å². The van der Waals surface area contributed by atoms with E-state index in [2.05, 4.69) is 57.0 Å². The average Bonchev–Trinajstić information content (AvgIpc) is 2.55. The lowest BCUT2D eigenvalue weighted by Gasteiger charge is -2.19.